The van der Waals surface area contributed by atoms with Gasteiger partial charge in [-0.15, -0.1) is 5.10 Å². The summed E-state index contributed by atoms with van der Waals surface area (Å²) in [5.74, 6) is -0.513. The fourth-order valence-corrected chi connectivity index (χ4v) is 5.49. The molecule has 0 atom stereocenters. The maximum absolute atomic E-state index is 13.3. The van der Waals surface area contributed by atoms with Crippen LogP contribution in [0, 0.1) is 0 Å². The number of aromatic nitrogens is 4. The molecule has 1 N–H and O–H groups in total. The zero-order chi connectivity index (χ0) is 23.7. The standard InChI is InChI=1S/C23H19ClN6O3S/c24-22-10-9-20(34(32,33)29-12-11-16-3-1-2-4-17(16)14-29)13-21(22)23(31)26-18-5-7-19(8-6-18)30-15-25-27-28-30/h1-10,13,15H,11-12,14H2,(H,26,31). The zero-order valence-electron chi connectivity index (χ0n) is 17.8. The number of hydrogen-bond acceptors (Lipinski definition) is 6. The van der Waals surface area contributed by atoms with E-state index in [2.05, 4.69) is 20.8 Å². The Kier molecular flexibility index (Phi) is 5.86. The van der Waals surface area contributed by atoms with Gasteiger partial charge in [0.05, 0.1) is 21.2 Å². The number of halogens is 1. The van der Waals surface area contributed by atoms with Crippen LogP contribution in [0.4, 0.5) is 5.69 Å². The van der Waals surface area contributed by atoms with E-state index in [-0.39, 0.29) is 22.0 Å². The van der Waals surface area contributed by atoms with E-state index in [1.54, 1.807) is 24.3 Å². The Hall–Kier alpha value is -3.60. The minimum Gasteiger partial charge on any atom is -0.322 e. The number of fused-ring (bicyclic) bond motifs is 1. The minimum atomic E-state index is -3.81. The molecule has 1 aliphatic heterocycles. The molecule has 0 spiro atoms. The molecule has 5 rings (SSSR count). The highest BCUT2D eigenvalue weighted by atomic mass is 35.5. The third kappa shape index (κ3) is 4.30. The molecule has 34 heavy (non-hydrogen) atoms. The number of sulfonamides is 1. The lowest BCUT2D eigenvalue weighted by atomic mass is 10.0. The van der Waals surface area contributed by atoms with E-state index in [1.165, 1.54) is 33.5 Å². The third-order valence-corrected chi connectivity index (χ3v) is 7.83. The number of tetrazole rings is 1. The molecule has 11 heteroatoms. The summed E-state index contributed by atoms with van der Waals surface area (Å²) < 4.78 is 29.6. The van der Waals surface area contributed by atoms with Gasteiger partial charge in [0, 0.05) is 18.8 Å². The van der Waals surface area contributed by atoms with Gasteiger partial charge in [-0.05, 0) is 70.4 Å². The number of nitrogens with zero attached hydrogens (tertiary/aromatic N) is 5. The predicted octanol–water partition coefficient (Wildman–Crippen LogP) is 3.32. The van der Waals surface area contributed by atoms with Crippen LogP contribution in [-0.4, -0.2) is 45.4 Å². The molecular weight excluding hydrogens is 476 g/mol. The average Bonchev–Trinajstić information content (AvgIpc) is 3.39. The number of hydrogen-bond donors (Lipinski definition) is 1. The molecule has 4 aromatic rings. The first-order valence-corrected chi connectivity index (χ1v) is 12.2. The summed E-state index contributed by atoms with van der Waals surface area (Å²) >= 11 is 6.26. The zero-order valence-corrected chi connectivity index (χ0v) is 19.4. The molecular formula is C23H19ClN6O3S. The van der Waals surface area contributed by atoms with Gasteiger partial charge in [-0.3, -0.25) is 4.79 Å². The molecule has 1 aromatic heterocycles. The van der Waals surface area contributed by atoms with Crippen molar-refractivity contribution in [2.75, 3.05) is 11.9 Å². The van der Waals surface area contributed by atoms with Crippen molar-refractivity contribution in [2.45, 2.75) is 17.9 Å². The van der Waals surface area contributed by atoms with Crippen LogP contribution < -0.4 is 5.32 Å². The number of nitrogens with one attached hydrogen (secondary N) is 1. The van der Waals surface area contributed by atoms with Gasteiger partial charge in [0.25, 0.3) is 5.91 Å². The van der Waals surface area contributed by atoms with Crippen LogP contribution in [0.15, 0.2) is 78.0 Å². The van der Waals surface area contributed by atoms with Gasteiger partial charge < -0.3 is 5.32 Å². The number of anilines is 1. The fourth-order valence-electron chi connectivity index (χ4n) is 3.84. The Morgan fingerprint density at radius 3 is 2.50 bits per heavy atom. The molecule has 0 saturated carbocycles. The van der Waals surface area contributed by atoms with Crippen molar-refractivity contribution in [3.8, 4) is 5.69 Å². The Labute approximate surface area is 201 Å². The number of benzene rings is 3. The van der Waals surface area contributed by atoms with Gasteiger partial charge in [-0.1, -0.05) is 35.9 Å². The Morgan fingerprint density at radius 1 is 1.00 bits per heavy atom. The van der Waals surface area contributed by atoms with E-state index in [1.807, 2.05) is 24.3 Å². The predicted molar refractivity (Wildman–Crippen MR) is 126 cm³/mol. The van der Waals surface area contributed by atoms with Crippen molar-refractivity contribution in [2.24, 2.45) is 0 Å². The van der Waals surface area contributed by atoms with Gasteiger partial charge in [0.2, 0.25) is 10.0 Å². The lowest BCUT2D eigenvalue weighted by Crippen LogP contribution is -2.36. The van der Waals surface area contributed by atoms with Crippen LogP contribution in [0.1, 0.15) is 21.5 Å². The molecule has 3 aromatic carbocycles. The molecule has 1 amide bonds. The molecule has 0 fully saturated rings. The lowest BCUT2D eigenvalue weighted by molar-refractivity contribution is 0.102. The minimum absolute atomic E-state index is 0.0236. The van der Waals surface area contributed by atoms with E-state index >= 15 is 0 Å². The molecule has 9 nitrogen and oxygen atoms in total. The van der Waals surface area contributed by atoms with Crippen LogP contribution in [0.2, 0.25) is 5.02 Å². The molecule has 172 valence electrons. The van der Waals surface area contributed by atoms with Crippen molar-refractivity contribution in [3.63, 3.8) is 0 Å². The van der Waals surface area contributed by atoms with Crippen molar-refractivity contribution in [3.05, 3.63) is 94.8 Å². The highest BCUT2D eigenvalue weighted by molar-refractivity contribution is 7.89. The van der Waals surface area contributed by atoms with E-state index in [4.69, 9.17) is 11.6 Å². The first-order chi connectivity index (χ1) is 16.4. The van der Waals surface area contributed by atoms with E-state index in [0.29, 0.717) is 18.7 Å². The molecule has 0 saturated heterocycles. The second-order valence-corrected chi connectivity index (χ2v) is 10.1. The first-order valence-electron chi connectivity index (χ1n) is 10.4. The van der Waals surface area contributed by atoms with Crippen LogP contribution in [-0.2, 0) is 23.0 Å². The summed E-state index contributed by atoms with van der Waals surface area (Å²) in [6, 6.07) is 18.8. The van der Waals surface area contributed by atoms with Crippen LogP contribution in [0.5, 0.6) is 0 Å². The fraction of sp³-hybridized carbons (Fsp3) is 0.130. The molecule has 0 aliphatic carbocycles. The van der Waals surface area contributed by atoms with E-state index in [0.717, 1.165) is 16.8 Å². The second-order valence-electron chi connectivity index (χ2n) is 7.75. The first kappa shape index (κ1) is 22.2. The summed E-state index contributed by atoms with van der Waals surface area (Å²) in [6.45, 7) is 0.660. The van der Waals surface area contributed by atoms with Gasteiger partial charge in [-0.2, -0.15) is 4.31 Å². The van der Waals surface area contributed by atoms with Crippen LogP contribution in [0.25, 0.3) is 5.69 Å². The SMILES string of the molecule is O=C(Nc1ccc(-n2cnnn2)cc1)c1cc(S(=O)(=O)N2CCc3ccccc3C2)ccc1Cl. The second kappa shape index (κ2) is 8.98. The van der Waals surface area contributed by atoms with Crippen molar-refractivity contribution >= 4 is 33.2 Å². The van der Waals surface area contributed by atoms with Gasteiger partial charge in [0.15, 0.2) is 0 Å². The molecule has 2 heterocycles. The maximum Gasteiger partial charge on any atom is 0.257 e. The highest BCUT2D eigenvalue weighted by Gasteiger charge is 2.29. The monoisotopic (exact) mass is 494 g/mol. The summed E-state index contributed by atoms with van der Waals surface area (Å²) in [5.41, 5.74) is 3.44. The Bertz CT molecular complexity index is 1460. The summed E-state index contributed by atoms with van der Waals surface area (Å²) in [4.78, 5) is 12.9. The maximum atomic E-state index is 13.3. The summed E-state index contributed by atoms with van der Waals surface area (Å²) in [7, 11) is -3.81. The molecule has 0 radical (unpaired) electrons. The summed E-state index contributed by atoms with van der Waals surface area (Å²) in [6.07, 6.45) is 2.09. The van der Waals surface area contributed by atoms with Gasteiger partial charge in [-0.25, -0.2) is 13.1 Å². The third-order valence-electron chi connectivity index (χ3n) is 5.65. The van der Waals surface area contributed by atoms with Crippen LogP contribution in [0.3, 0.4) is 0 Å². The van der Waals surface area contributed by atoms with E-state index in [9.17, 15) is 13.2 Å². The van der Waals surface area contributed by atoms with Crippen molar-refractivity contribution < 1.29 is 13.2 Å². The molecule has 1 aliphatic rings. The molecule has 0 bridgehead atoms. The summed E-state index contributed by atoms with van der Waals surface area (Å²) in [5, 5.41) is 13.9. The van der Waals surface area contributed by atoms with Crippen LogP contribution >= 0.6 is 11.6 Å². The topological polar surface area (TPSA) is 110 Å². The van der Waals surface area contributed by atoms with Gasteiger partial charge >= 0.3 is 0 Å². The van der Waals surface area contributed by atoms with Gasteiger partial charge in [0.1, 0.15) is 6.33 Å². The molecule has 0 unspecified atom stereocenters. The van der Waals surface area contributed by atoms with Crippen molar-refractivity contribution in [1.82, 2.24) is 24.5 Å². The normalized spacial score (nSPS) is 13.9. The quantitative estimate of drug-likeness (QED) is 0.455. The Balaban J connectivity index is 1.36. The highest BCUT2D eigenvalue weighted by Crippen LogP contribution is 2.28. The lowest BCUT2D eigenvalue weighted by Gasteiger charge is -2.28. The van der Waals surface area contributed by atoms with Crippen molar-refractivity contribution in [1.29, 1.82) is 0 Å². The number of carbonyl (C=O) groups excluding carboxylic acids is 1. The smallest absolute Gasteiger partial charge is 0.257 e. The average molecular weight is 495 g/mol. The van der Waals surface area contributed by atoms with E-state index < -0.39 is 15.9 Å². The largest absolute Gasteiger partial charge is 0.322 e. The number of amides is 1. The number of carbonyl (C=O) groups is 1. The Morgan fingerprint density at radius 2 is 1.76 bits per heavy atom. The number of rotatable bonds is 5.